The van der Waals surface area contributed by atoms with E-state index in [0.717, 1.165) is 13.0 Å². The van der Waals surface area contributed by atoms with E-state index in [1.807, 2.05) is 14.0 Å². The summed E-state index contributed by atoms with van der Waals surface area (Å²) in [5, 5.41) is 3.33. The zero-order valence-electron chi connectivity index (χ0n) is 10.7. The van der Waals surface area contributed by atoms with Crippen LogP contribution in [0.3, 0.4) is 0 Å². The highest BCUT2D eigenvalue weighted by Crippen LogP contribution is 2.03. The van der Waals surface area contributed by atoms with Crippen molar-refractivity contribution in [3.05, 3.63) is 0 Å². The molecule has 1 unspecified atom stereocenters. The van der Waals surface area contributed by atoms with Crippen molar-refractivity contribution in [1.29, 1.82) is 0 Å². The van der Waals surface area contributed by atoms with Crippen LogP contribution in [-0.4, -0.2) is 37.0 Å². The number of carbonyl (C=O) groups is 1. The van der Waals surface area contributed by atoms with Gasteiger partial charge in [-0.1, -0.05) is 26.7 Å². The minimum atomic E-state index is 0.187. The fraction of sp³-hybridized carbons (Fsp3) is 0.917. The van der Waals surface area contributed by atoms with Crippen molar-refractivity contribution in [2.45, 2.75) is 52.5 Å². The molecular formula is C12H26N2O. The van der Waals surface area contributed by atoms with Crippen LogP contribution in [0.15, 0.2) is 0 Å². The maximum atomic E-state index is 11.5. The van der Waals surface area contributed by atoms with Crippen LogP contribution in [0.2, 0.25) is 0 Å². The van der Waals surface area contributed by atoms with Gasteiger partial charge in [-0.25, -0.2) is 0 Å². The first-order valence-corrected chi connectivity index (χ1v) is 6.12. The molecule has 1 N–H and O–H groups in total. The first-order valence-electron chi connectivity index (χ1n) is 6.12. The van der Waals surface area contributed by atoms with Crippen LogP contribution < -0.4 is 5.32 Å². The molecule has 0 aliphatic rings. The van der Waals surface area contributed by atoms with Crippen molar-refractivity contribution in [1.82, 2.24) is 10.2 Å². The van der Waals surface area contributed by atoms with Gasteiger partial charge in [0.25, 0.3) is 0 Å². The van der Waals surface area contributed by atoms with E-state index in [2.05, 4.69) is 19.2 Å². The number of amides is 1. The Kier molecular flexibility index (Phi) is 8.38. The minimum Gasteiger partial charge on any atom is -0.345 e. The summed E-state index contributed by atoms with van der Waals surface area (Å²) in [4.78, 5) is 13.3. The number of rotatable bonds is 8. The molecule has 0 heterocycles. The summed E-state index contributed by atoms with van der Waals surface area (Å²) >= 11 is 0. The number of nitrogens with zero attached hydrogens (tertiary/aromatic N) is 1. The summed E-state index contributed by atoms with van der Waals surface area (Å²) in [5.74, 6) is 0.187. The molecule has 0 aliphatic carbocycles. The Morgan fingerprint density at radius 3 is 2.47 bits per heavy atom. The molecule has 0 saturated carbocycles. The topological polar surface area (TPSA) is 32.3 Å². The van der Waals surface area contributed by atoms with E-state index in [-0.39, 0.29) is 5.91 Å². The third kappa shape index (κ3) is 6.50. The van der Waals surface area contributed by atoms with Gasteiger partial charge in [-0.2, -0.15) is 0 Å². The van der Waals surface area contributed by atoms with Crippen LogP contribution in [0.1, 0.15) is 46.5 Å². The summed E-state index contributed by atoms with van der Waals surface area (Å²) in [6.45, 7) is 7.62. The average Bonchev–Trinajstić information content (AvgIpc) is 2.27. The molecular weight excluding hydrogens is 188 g/mol. The molecule has 3 heteroatoms. The molecule has 0 fully saturated rings. The van der Waals surface area contributed by atoms with Crippen LogP contribution in [0.4, 0.5) is 0 Å². The Balaban J connectivity index is 3.74. The molecule has 0 aromatic heterocycles. The Morgan fingerprint density at radius 2 is 2.00 bits per heavy atom. The monoisotopic (exact) mass is 214 g/mol. The lowest BCUT2D eigenvalue weighted by Gasteiger charge is -2.19. The zero-order valence-corrected chi connectivity index (χ0v) is 10.7. The number of hydrogen-bond acceptors (Lipinski definition) is 2. The van der Waals surface area contributed by atoms with Gasteiger partial charge in [0, 0.05) is 19.6 Å². The highest BCUT2D eigenvalue weighted by molar-refractivity contribution is 5.77. The number of hydrogen-bond donors (Lipinski definition) is 1. The highest BCUT2D eigenvalue weighted by atomic mass is 16.2. The third-order valence-electron chi connectivity index (χ3n) is 2.84. The zero-order chi connectivity index (χ0) is 11.7. The molecule has 0 radical (unpaired) electrons. The third-order valence-corrected chi connectivity index (χ3v) is 2.84. The lowest BCUT2D eigenvalue weighted by molar-refractivity contribution is -0.128. The standard InChI is InChI=1S/C12H26N2O/c1-5-8-9-11(6-2)13-10-12(15)14(4)7-3/h11,13H,5-10H2,1-4H3. The average molecular weight is 214 g/mol. The number of likely N-dealkylation sites (N-methyl/N-ethyl adjacent to an activating group) is 1. The maximum absolute atomic E-state index is 11.5. The normalized spacial score (nSPS) is 12.5. The molecule has 90 valence electrons. The highest BCUT2D eigenvalue weighted by Gasteiger charge is 2.09. The Hall–Kier alpha value is -0.570. The lowest BCUT2D eigenvalue weighted by Crippen LogP contribution is -2.39. The van der Waals surface area contributed by atoms with Crippen molar-refractivity contribution >= 4 is 5.91 Å². The van der Waals surface area contributed by atoms with Crippen LogP contribution in [0.5, 0.6) is 0 Å². The second kappa shape index (κ2) is 8.72. The molecule has 0 aromatic carbocycles. The number of unbranched alkanes of at least 4 members (excludes halogenated alkanes) is 1. The van der Waals surface area contributed by atoms with Gasteiger partial charge >= 0.3 is 0 Å². The van der Waals surface area contributed by atoms with E-state index in [1.165, 1.54) is 19.3 Å². The Bertz CT molecular complexity index is 171. The first-order chi connectivity index (χ1) is 7.15. The molecule has 1 amide bonds. The summed E-state index contributed by atoms with van der Waals surface area (Å²) in [6.07, 6.45) is 4.74. The van der Waals surface area contributed by atoms with Crippen molar-refractivity contribution < 1.29 is 4.79 Å². The SMILES string of the molecule is CCCCC(CC)NCC(=O)N(C)CC. The second-order valence-electron chi connectivity index (χ2n) is 4.04. The molecule has 1 atom stereocenters. The Morgan fingerprint density at radius 1 is 1.33 bits per heavy atom. The fourth-order valence-corrected chi connectivity index (χ4v) is 1.44. The molecule has 3 nitrogen and oxygen atoms in total. The molecule has 15 heavy (non-hydrogen) atoms. The number of carbonyl (C=O) groups excluding carboxylic acids is 1. The van der Waals surface area contributed by atoms with Gasteiger partial charge in [-0.15, -0.1) is 0 Å². The van der Waals surface area contributed by atoms with Crippen LogP contribution >= 0.6 is 0 Å². The summed E-state index contributed by atoms with van der Waals surface area (Å²) < 4.78 is 0. The predicted molar refractivity (Wildman–Crippen MR) is 64.9 cm³/mol. The Labute approximate surface area is 94.2 Å². The number of nitrogens with one attached hydrogen (secondary N) is 1. The molecule has 0 saturated heterocycles. The molecule has 0 aromatic rings. The summed E-state index contributed by atoms with van der Waals surface area (Å²) in [7, 11) is 1.84. The van der Waals surface area contributed by atoms with Crippen LogP contribution in [-0.2, 0) is 4.79 Å². The van der Waals surface area contributed by atoms with E-state index in [1.54, 1.807) is 4.90 Å². The van der Waals surface area contributed by atoms with Gasteiger partial charge in [-0.05, 0) is 19.8 Å². The van der Waals surface area contributed by atoms with Crippen molar-refractivity contribution in [2.24, 2.45) is 0 Å². The smallest absolute Gasteiger partial charge is 0.236 e. The van der Waals surface area contributed by atoms with E-state index >= 15 is 0 Å². The maximum Gasteiger partial charge on any atom is 0.236 e. The lowest BCUT2D eigenvalue weighted by atomic mass is 10.1. The van der Waals surface area contributed by atoms with E-state index in [4.69, 9.17) is 0 Å². The predicted octanol–water partition coefficient (Wildman–Crippen LogP) is 2.02. The van der Waals surface area contributed by atoms with E-state index in [9.17, 15) is 4.79 Å². The summed E-state index contributed by atoms with van der Waals surface area (Å²) in [5.41, 5.74) is 0. The molecule has 0 bridgehead atoms. The van der Waals surface area contributed by atoms with Crippen molar-refractivity contribution in [3.8, 4) is 0 Å². The molecule has 0 rings (SSSR count). The van der Waals surface area contributed by atoms with E-state index in [0.29, 0.717) is 12.6 Å². The van der Waals surface area contributed by atoms with Gasteiger partial charge in [0.1, 0.15) is 0 Å². The van der Waals surface area contributed by atoms with E-state index < -0.39 is 0 Å². The van der Waals surface area contributed by atoms with Crippen molar-refractivity contribution in [3.63, 3.8) is 0 Å². The van der Waals surface area contributed by atoms with Crippen molar-refractivity contribution in [2.75, 3.05) is 20.1 Å². The second-order valence-corrected chi connectivity index (χ2v) is 4.04. The van der Waals surface area contributed by atoms with Crippen LogP contribution in [0, 0.1) is 0 Å². The van der Waals surface area contributed by atoms with Gasteiger partial charge in [0.2, 0.25) is 5.91 Å². The van der Waals surface area contributed by atoms with Gasteiger partial charge in [0.15, 0.2) is 0 Å². The molecule has 0 aliphatic heterocycles. The van der Waals surface area contributed by atoms with Gasteiger partial charge in [0.05, 0.1) is 6.54 Å². The quantitative estimate of drug-likeness (QED) is 0.670. The fourth-order valence-electron chi connectivity index (χ4n) is 1.44. The molecule has 0 spiro atoms. The van der Waals surface area contributed by atoms with Crippen LogP contribution in [0.25, 0.3) is 0 Å². The van der Waals surface area contributed by atoms with Gasteiger partial charge < -0.3 is 10.2 Å². The minimum absolute atomic E-state index is 0.187. The first kappa shape index (κ1) is 14.4. The summed E-state index contributed by atoms with van der Waals surface area (Å²) in [6, 6.07) is 0.499. The largest absolute Gasteiger partial charge is 0.345 e. The van der Waals surface area contributed by atoms with Gasteiger partial charge in [-0.3, -0.25) is 4.79 Å².